The zero-order chi connectivity index (χ0) is 13.8. The Bertz CT molecular complexity index is 316. The van der Waals surface area contributed by atoms with Gasteiger partial charge in [0.1, 0.15) is 5.78 Å². The summed E-state index contributed by atoms with van der Waals surface area (Å²) in [6.07, 6.45) is 13.3. The maximum Gasteiger partial charge on any atom is 0.138 e. The highest BCUT2D eigenvalue weighted by molar-refractivity contribution is 7.10. The molecule has 0 bridgehead atoms. The molecule has 108 valence electrons. The Labute approximate surface area is 122 Å². The van der Waals surface area contributed by atoms with Gasteiger partial charge in [-0.25, -0.2) is 0 Å². The summed E-state index contributed by atoms with van der Waals surface area (Å²) < 4.78 is 0. The fourth-order valence-electron chi connectivity index (χ4n) is 2.33. The van der Waals surface area contributed by atoms with Gasteiger partial charge in [-0.3, -0.25) is 4.79 Å². The number of ketones is 1. The van der Waals surface area contributed by atoms with Gasteiger partial charge in [-0.05, 0) is 17.9 Å². The monoisotopic (exact) mass is 280 g/mol. The second kappa shape index (κ2) is 11.2. The van der Waals surface area contributed by atoms with Crippen LogP contribution in [-0.4, -0.2) is 5.78 Å². The Kier molecular flexibility index (Phi) is 9.70. The van der Waals surface area contributed by atoms with E-state index in [1.165, 1.54) is 56.2 Å². The summed E-state index contributed by atoms with van der Waals surface area (Å²) >= 11 is 1.69. The van der Waals surface area contributed by atoms with E-state index >= 15 is 0 Å². The van der Waals surface area contributed by atoms with Gasteiger partial charge >= 0.3 is 0 Å². The molecular weight excluding hydrogens is 252 g/mol. The minimum atomic E-state index is 0.408. The molecule has 1 rings (SSSR count). The number of carbonyl (C=O) groups excluding carboxylic acids is 1. The average Bonchev–Trinajstić information content (AvgIpc) is 2.89. The summed E-state index contributed by atoms with van der Waals surface area (Å²) in [6, 6.07) is 4.07. The van der Waals surface area contributed by atoms with E-state index in [-0.39, 0.29) is 0 Å². The Hall–Kier alpha value is -0.630. The van der Waals surface area contributed by atoms with Gasteiger partial charge in [0.25, 0.3) is 0 Å². The number of hydrogen-bond acceptors (Lipinski definition) is 2. The van der Waals surface area contributed by atoms with Gasteiger partial charge in [-0.1, -0.05) is 64.4 Å². The summed E-state index contributed by atoms with van der Waals surface area (Å²) in [5.41, 5.74) is 0. The molecule has 0 aliphatic heterocycles. The van der Waals surface area contributed by atoms with Gasteiger partial charge in [0.2, 0.25) is 0 Å². The first-order valence-corrected chi connectivity index (χ1v) is 8.75. The summed E-state index contributed by atoms with van der Waals surface area (Å²) in [5, 5.41) is 2.04. The molecule has 1 heterocycles. The normalized spacial score (nSPS) is 10.8. The molecule has 0 fully saturated rings. The molecule has 2 heteroatoms. The quantitative estimate of drug-likeness (QED) is 0.443. The molecule has 0 aliphatic rings. The lowest BCUT2D eigenvalue weighted by molar-refractivity contribution is -0.118. The van der Waals surface area contributed by atoms with Gasteiger partial charge in [0.05, 0.1) is 0 Å². The predicted molar refractivity (Wildman–Crippen MR) is 84.9 cm³/mol. The molecule has 0 unspecified atom stereocenters. The highest BCUT2D eigenvalue weighted by atomic mass is 32.1. The van der Waals surface area contributed by atoms with Crippen LogP contribution in [0.15, 0.2) is 17.5 Å². The highest BCUT2D eigenvalue weighted by Gasteiger charge is 2.04. The molecule has 1 aromatic heterocycles. The van der Waals surface area contributed by atoms with Crippen molar-refractivity contribution in [2.45, 2.75) is 77.6 Å². The van der Waals surface area contributed by atoms with Crippen LogP contribution < -0.4 is 0 Å². The highest BCUT2D eigenvalue weighted by Crippen LogP contribution is 2.13. The lowest BCUT2D eigenvalue weighted by atomic mass is 10.0. The van der Waals surface area contributed by atoms with Crippen molar-refractivity contribution in [2.75, 3.05) is 0 Å². The van der Waals surface area contributed by atoms with Gasteiger partial charge in [-0.15, -0.1) is 11.3 Å². The van der Waals surface area contributed by atoms with Gasteiger partial charge in [-0.2, -0.15) is 0 Å². The van der Waals surface area contributed by atoms with Crippen LogP contribution in [0.5, 0.6) is 0 Å². The van der Waals surface area contributed by atoms with Gasteiger partial charge in [0.15, 0.2) is 0 Å². The van der Waals surface area contributed by atoms with Crippen LogP contribution >= 0.6 is 11.3 Å². The lowest BCUT2D eigenvalue weighted by Crippen LogP contribution is -2.00. The molecule has 0 saturated heterocycles. The Morgan fingerprint density at radius 2 is 1.63 bits per heavy atom. The van der Waals surface area contributed by atoms with E-state index in [9.17, 15) is 4.79 Å². The van der Waals surface area contributed by atoms with Crippen molar-refractivity contribution < 1.29 is 4.79 Å². The van der Waals surface area contributed by atoms with Crippen LogP contribution in [0.25, 0.3) is 0 Å². The second-order valence-corrected chi connectivity index (χ2v) is 6.41. The largest absolute Gasteiger partial charge is 0.299 e. The summed E-state index contributed by atoms with van der Waals surface area (Å²) in [4.78, 5) is 12.9. The van der Waals surface area contributed by atoms with Crippen LogP contribution in [0.3, 0.4) is 0 Å². The van der Waals surface area contributed by atoms with E-state index in [0.29, 0.717) is 12.2 Å². The molecular formula is C17H28OS. The standard InChI is InChI=1S/C17H28OS/c1-2-3-4-5-6-7-8-9-10-12-16(18)15-17-13-11-14-19-17/h11,13-14H,2-10,12,15H2,1H3. The van der Waals surface area contributed by atoms with Crippen LogP contribution in [0.1, 0.15) is 76.0 Å². The van der Waals surface area contributed by atoms with Crippen molar-refractivity contribution in [3.63, 3.8) is 0 Å². The molecule has 1 nitrogen and oxygen atoms in total. The summed E-state index contributed by atoms with van der Waals surface area (Å²) in [5.74, 6) is 0.408. The smallest absolute Gasteiger partial charge is 0.138 e. The first-order chi connectivity index (χ1) is 9.33. The number of rotatable bonds is 12. The Balaban J connectivity index is 1.86. The Morgan fingerprint density at radius 3 is 2.21 bits per heavy atom. The molecule has 0 saturated carbocycles. The topological polar surface area (TPSA) is 17.1 Å². The van der Waals surface area contributed by atoms with Crippen LogP contribution in [0.4, 0.5) is 0 Å². The predicted octanol–water partition coefficient (Wildman–Crippen LogP) is 5.78. The first-order valence-electron chi connectivity index (χ1n) is 7.87. The van der Waals surface area contributed by atoms with Crippen LogP contribution in [-0.2, 0) is 11.2 Å². The van der Waals surface area contributed by atoms with Crippen molar-refractivity contribution in [1.82, 2.24) is 0 Å². The molecule has 0 atom stereocenters. The van der Waals surface area contributed by atoms with Crippen LogP contribution in [0, 0.1) is 0 Å². The zero-order valence-electron chi connectivity index (χ0n) is 12.3. The average molecular weight is 280 g/mol. The SMILES string of the molecule is CCCCCCCCCCCC(=O)Cc1cccs1. The second-order valence-electron chi connectivity index (χ2n) is 5.37. The van der Waals surface area contributed by atoms with Crippen LogP contribution in [0.2, 0.25) is 0 Å². The number of hydrogen-bond donors (Lipinski definition) is 0. The van der Waals surface area contributed by atoms with Gasteiger partial charge in [0, 0.05) is 17.7 Å². The molecule has 0 amide bonds. The number of unbranched alkanes of at least 4 members (excludes halogenated alkanes) is 8. The van der Waals surface area contributed by atoms with E-state index in [4.69, 9.17) is 0 Å². The third-order valence-corrected chi connectivity index (χ3v) is 4.39. The molecule has 0 aliphatic carbocycles. The molecule has 0 N–H and O–H groups in total. The van der Waals surface area contributed by atoms with E-state index in [1.807, 2.05) is 11.4 Å². The maximum absolute atomic E-state index is 11.7. The maximum atomic E-state index is 11.7. The number of carbonyl (C=O) groups is 1. The fourth-order valence-corrected chi connectivity index (χ4v) is 3.06. The number of Topliss-reactive ketones (excluding diaryl/α,β-unsaturated/α-hetero) is 1. The van der Waals surface area contributed by atoms with Crippen molar-refractivity contribution >= 4 is 17.1 Å². The van der Waals surface area contributed by atoms with Crippen molar-refractivity contribution in [3.05, 3.63) is 22.4 Å². The van der Waals surface area contributed by atoms with E-state index in [0.717, 1.165) is 12.8 Å². The fraction of sp³-hybridized carbons (Fsp3) is 0.706. The van der Waals surface area contributed by atoms with Gasteiger partial charge < -0.3 is 0 Å². The molecule has 19 heavy (non-hydrogen) atoms. The molecule has 0 aromatic carbocycles. The van der Waals surface area contributed by atoms with Crippen molar-refractivity contribution in [2.24, 2.45) is 0 Å². The number of thiophene rings is 1. The third kappa shape index (κ3) is 8.99. The lowest BCUT2D eigenvalue weighted by Gasteiger charge is -2.02. The molecule has 0 spiro atoms. The van der Waals surface area contributed by atoms with E-state index in [2.05, 4.69) is 13.0 Å². The van der Waals surface area contributed by atoms with Crippen molar-refractivity contribution in [3.8, 4) is 0 Å². The van der Waals surface area contributed by atoms with E-state index in [1.54, 1.807) is 11.3 Å². The molecule has 0 radical (unpaired) electrons. The summed E-state index contributed by atoms with van der Waals surface area (Å²) in [7, 11) is 0. The third-order valence-electron chi connectivity index (χ3n) is 3.51. The van der Waals surface area contributed by atoms with Crippen molar-refractivity contribution in [1.29, 1.82) is 0 Å². The molecule has 1 aromatic rings. The van der Waals surface area contributed by atoms with E-state index < -0.39 is 0 Å². The minimum absolute atomic E-state index is 0.408. The summed E-state index contributed by atoms with van der Waals surface area (Å²) in [6.45, 7) is 2.26. The zero-order valence-corrected chi connectivity index (χ0v) is 13.1. The Morgan fingerprint density at radius 1 is 1.00 bits per heavy atom. The first kappa shape index (κ1) is 16.4. The minimum Gasteiger partial charge on any atom is -0.299 e.